The quantitative estimate of drug-likeness (QED) is 0.754. The molecule has 2 rings (SSSR count). The van der Waals surface area contributed by atoms with Gasteiger partial charge in [0.2, 0.25) is 5.91 Å². The lowest BCUT2D eigenvalue weighted by Crippen LogP contribution is -2.30. The van der Waals surface area contributed by atoms with Crippen molar-refractivity contribution in [3.8, 4) is 0 Å². The molecule has 0 aliphatic carbocycles. The molecule has 1 heterocycles. The minimum atomic E-state index is -0.129. The lowest BCUT2D eigenvalue weighted by atomic mass is 9.99. The van der Waals surface area contributed by atoms with Crippen LogP contribution >= 0.6 is 0 Å². The molecule has 2 amide bonds. The molecule has 1 aromatic carbocycles. The Labute approximate surface area is 112 Å². The first kappa shape index (κ1) is 13.4. The normalized spacial score (nSPS) is 13.1. The molecule has 102 valence electrons. The van der Waals surface area contributed by atoms with Gasteiger partial charge in [-0.3, -0.25) is 9.59 Å². The number of hydrogen-bond acceptors (Lipinski definition) is 3. The number of carbonyl (C=O) groups is 2. The third-order valence-corrected chi connectivity index (χ3v) is 3.24. The monoisotopic (exact) mass is 261 g/mol. The van der Waals surface area contributed by atoms with E-state index in [0.717, 1.165) is 25.1 Å². The summed E-state index contributed by atoms with van der Waals surface area (Å²) < 4.78 is 0. The zero-order chi connectivity index (χ0) is 13.7. The Balaban J connectivity index is 2.01. The van der Waals surface area contributed by atoms with Gasteiger partial charge in [0.1, 0.15) is 0 Å². The van der Waals surface area contributed by atoms with Gasteiger partial charge < -0.3 is 16.0 Å². The molecule has 0 fully saturated rings. The molecule has 0 unspecified atom stereocenters. The molecular formula is C14H19N3O2. The molecule has 3 N–H and O–H groups in total. The van der Waals surface area contributed by atoms with Crippen LogP contribution in [0.3, 0.4) is 0 Å². The van der Waals surface area contributed by atoms with Crippen LogP contribution < -0.4 is 16.0 Å². The van der Waals surface area contributed by atoms with Gasteiger partial charge in [-0.1, -0.05) is 12.1 Å². The Morgan fingerprint density at radius 2 is 2.21 bits per heavy atom. The van der Waals surface area contributed by atoms with Gasteiger partial charge in [-0.25, -0.2) is 0 Å². The SMILES string of the molecule is CNC(=O)CCNC(=O)c1cccc2c1NCCC2. The van der Waals surface area contributed by atoms with Gasteiger partial charge in [-0.2, -0.15) is 0 Å². The number of nitrogens with one attached hydrogen (secondary N) is 3. The summed E-state index contributed by atoms with van der Waals surface area (Å²) in [6.45, 7) is 1.25. The first-order chi connectivity index (χ1) is 9.22. The number of benzene rings is 1. The second kappa shape index (κ2) is 6.22. The number of aryl methyl sites for hydroxylation is 1. The number of para-hydroxylation sites is 1. The van der Waals surface area contributed by atoms with Crippen molar-refractivity contribution in [3.63, 3.8) is 0 Å². The van der Waals surface area contributed by atoms with Crippen molar-refractivity contribution in [1.82, 2.24) is 10.6 Å². The molecule has 0 radical (unpaired) electrons. The summed E-state index contributed by atoms with van der Waals surface area (Å²) in [4.78, 5) is 23.2. The molecule has 1 aliphatic heterocycles. The Hall–Kier alpha value is -2.04. The first-order valence-electron chi connectivity index (χ1n) is 6.57. The molecule has 0 saturated heterocycles. The topological polar surface area (TPSA) is 70.2 Å². The van der Waals surface area contributed by atoms with E-state index in [4.69, 9.17) is 0 Å². The minimum Gasteiger partial charge on any atom is -0.384 e. The van der Waals surface area contributed by atoms with E-state index in [9.17, 15) is 9.59 Å². The molecular weight excluding hydrogens is 242 g/mol. The predicted octanol–water partition coefficient (Wildman–Crippen LogP) is 0.911. The van der Waals surface area contributed by atoms with Crippen molar-refractivity contribution in [1.29, 1.82) is 0 Å². The summed E-state index contributed by atoms with van der Waals surface area (Å²) in [5.41, 5.74) is 2.78. The van der Waals surface area contributed by atoms with Gasteiger partial charge in [0.25, 0.3) is 5.91 Å². The largest absolute Gasteiger partial charge is 0.384 e. The minimum absolute atomic E-state index is 0.0754. The molecule has 0 atom stereocenters. The zero-order valence-electron chi connectivity index (χ0n) is 11.1. The lowest BCUT2D eigenvalue weighted by Gasteiger charge is -2.20. The molecule has 19 heavy (non-hydrogen) atoms. The van der Waals surface area contributed by atoms with E-state index in [1.54, 1.807) is 7.05 Å². The van der Waals surface area contributed by atoms with E-state index in [2.05, 4.69) is 16.0 Å². The highest BCUT2D eigenvalue weighted by Crippen LogP contribution is 2.25. The maximum absolute atomic E-state index is 12.1. The Morgan fingerprint density at radius 1 is 1.37 bits per heavy atom. The Kier molecular flexibility index (Phi) is 4.39. The third-order valence-electron chi connectivity index (χ3n) is 3.24. The smallest absolute Gasteiger partial charge is 0.253 e. The maximum Gasteiger partial charge on any atom is 0.253 e. The average Bonchev–Trinajstić information content (AvgIpc) is 2.46. The van der Waals surface area contributed by atoms with Crippen LogP contribution in [0.4, 0.5) is 5.69 Å². The van der Waals surface area contributed by atoms with E-state index in [1.807, 2.05) is 18.2 Å². The van der Waals surface area contributed by atoms with Crippen LogP contribution in [0, 0.1) is 0 Å². The summed E-state index contributed by atoms with van der Waals surface area (Å²) in [7, 11) is 1.58. The molecule has 0 spiro atoms. The van der Waals surface area contributed by atoms with E-state index >= 15 is 0 Å². The summed E-state index contributed by atoms with van der Waals surface area (Å²) in [6.07, 6.45) is 2.39. The Bertz CT molecular complexity index is 486. The van der Waals surface area contributed by atoms with Gasteiger partial charge in [0.15, 0.2) is 0 Å². The van der Waals surface area contributed by atoms with Crippen LogP contribution in [-0.4, -0.2) is 32.0 Å². The molecule has 1 aromatic rings. The number of fused-ring (bicyclic) bond motifs is 1. The molecule has 1 aliphatic rings. The fourth-order valence-electron chi connectivity index (χ4n) is 2.21. The van der Waals surface area contributed by atoms with Gasteiger partial charge in [-0.05, 0) is 24.5 Å². The molecule has 0 bridgehead atoms. The fraction of sp³-hybridized carbons (Fsp3) is 0.429. The van der Waals surface area contributed by atoms with Crippen LogP contribution in [0.1, 0.15) is 28.8 Å². The van der Waals surface area contributed by atoms with E-state index in [-0.39, 0.29) is 11.8 Å². The standard InChI is InChI=1S/C14H19N3O2/c1-15-12(18)7-9-17-14(19)11-6-2-4-10-5-3-8-16-13(10)11/h2,4,6,16H,3,5,7-9H2,1H3,(H,15,18)(H,17,19). The van der Waals surface area contributed by atoms with E-state index in [0.29, 0.717) is 18.5 Å². The number of carbonyl (C=O) groups excluding carboxylic acids is 2. The van der Waals surface area contributed by atoms with Crippen LogP contribution in [-0.2, 0) is 11.2 Å². The predicted molar refractivity (Wildman–Crippen MR) is 74.3 cm³/mol. The van der Waals surface area contributed by atoms with E-state index < -0.39 is 0 Å². The van der Waals surface area contributed by atoms with Crippen LogP contribution in [0.15, 0.2) is 18.2 Å². The fourth-order valence-corrected chi connectivity index (χ4v) is 2.21. The summed E-state index contributed by atoms with van der Waals surface area (Å²) in [5, 5.41) is 8.58. The molecule has 5 nitrogen and oxygen atoms in total. The molecule has 0 saturated carbocycles. The number of anilines is 1. The van der Waals surface area contributed by atoms with Crippen LogP contribution in [0.2, 0.25) is 0 Å². The highest BCUT2D eigenvalue weighted by molar-refractivity contribution is 6.00. The number of hydrogen-bond donors (Lipinski definition) is 3. The van der Waals surface area contributed by atoms with E-state index in [1.165, 1.54) is 5.56 Å². The summed E-state index contributed by atoms with van der Waals surface area (Å²) in [6, 6.07) is 5.76. The van der Waals surface area contributed by atoms with Crippen molar-refractivity contribution in [2.24, 2.45) is 0 Å². The van der Waals surface area contributed by atoms with Crippen molar-refractivity contribution in [2.45, 2.75) is 19.3 Å². The van der Waals surface area contributed by atoms with Gasteiger partial charge >= 0.3 is 0 Å². The number of amides is 2. The van der Waals surface area contributed by atoms with Gasteiger partial charge in [0.05, 0.1) is 11.3 Å². The van der Waals surface area contributed by atoms with Crippen molar-refractivity contribution >= 4 is 17.5 Å². The molecule has 5 heteroatoms. The van der Waals surface area contributed by atoms with Gasteiger partial charge in [-0.15, -0.1) is 0 Å². The van der Waals surface area contributed by atoms with Crippen molar-refractivity contribution in [3.05, 3.63) is 29.3 Å². The number of rotatable bonds is 4. The second-order valence-corrected chi connectivity index (χ2v) is 4.55. The average molecular weight is 261 g/mol. The van der Waals surface area contributed by atoms with Gasteiger partial charge in [0, 0.05) is 26.6 Å². The highest BCUT2D eigenvalue weighted by atomic mass is 16.2. The zero-order valence-corrected chi connectivity index (χ0v) is 11.1. The summed E-state index contributed by atoms with van der Waals surface area (Å²) >= 11 is 0. The molecule has 0 aromatic heterocycles. The van der Waals surface area contributed by atoms with Crippen LogP contribution in [0.5, 0.6) is 0 Å². The summed E-state index contributed by atoms with van der Waals surface area (Å²) in [5.74, 6) is -0.205. The maximum atomic E-state index is 12.1. The highest BCUT2D eigenvalue weighted by Gasteiger charge is 2.16. The third kappa shape index (κ3) is 3.24. The van der Waals surface area contributed by atoms with Crippen LogP contribution in [0.25, 0.3) is 0 Å². The lowest BCUT2D eigenvalue weighted by molar-refractivity contribution is -0.120. The van der Waals surface area contributed by atoms with Crippen molar-refractivity contribution in [2.75, 3.05) is 25.5 Å². The van der Waals surface area contributed by atoms with Crippen molar-refractivity contribution < 1.29 is 9.59 Å². The Morgan fingerprint density at radius 3 is 3.00 bits per heavy atom. The first-order valence-corrected chi connectivity index (χ1v) is 6.57. The second-order valence-electron chi connectivity index (χ2n) is 4.55.